The van der Waals surface area contributed by atoms with Gasteiger partial charge in [-0.25, -0.2) is 13.4 Å². The lowest BCUT2D eigenvalue weighted by atomic mass is 9.98. The van der Waals surface area contributed by atoms with Gasteiger partial charge < -0.3 is 15.0 Å². The van der Waals surface area contributed by atoms with Crippen molar-refractivity contribution >= 4 is 21.6 Å². The Labute approximate surface area is 204 Å². The van der Waals surface area contributed by atoms with E-state index in [2.05, 4.69) is 15.3 Å². The van der Waals surface area contributed by atoms with Crippen LogP contribution in [0.1, 0.15) is 24.1 Å². The number of H-pyrrole nitrogens is 1. The Hall–Kier alpha value is -3.50. The first kappa shape index (κ1) is 24.6. The fourth-order valence-electron chi connectivity index (χ4n) is 4.20. The van der Waals surface area contributed by atoms with Crippen molar-refractivity contribution < 1.29 is 17.9 Å². The second-order valence-electron chi connectivity index (χ2n) is 8.66. The molecule has 4 rings (SSSR count). The third-order valence-electron chi connectivity index (χ3n) is 5.97. The molecule has 1 aliphatic rings. The van der Waals surface area contributed by atoms with Gasteiger partial charge in [-0.05, 0) is 56.5 Å². The lowest BCUT2D eigenvalue weighted by molar-refractivity contribution is -0.120. The van der Waals surface area contributed by atoms with Crippen molar-refractivity contribution in [2.75, 3.05) is 25.5 Å². The molecule has 1 fully saturated rings. The summed E-state index contributed by atoms with van der Waals surface area (Å²) in [4.78, 5) is 32.0. The quantitative estimate of drug-likeness (QED) is 0.541. The number of anilines is 1. The van der Waals surface area contributed by atoms with Crippen LogP contribution in [-0.2, 0) is 14.8 Å². The summed E-state index contributed by atoms with van der Waals surface area (Å²) in [5, 5.41) is 2.89. The van der Waals surface area contributed by atoms with Crippen molar-refractivity contribution in [3.63, 3.8) is 0 Å². The van der Waals surface area contributed by atoms with Crippen LogP contribution in [0, 0.1) is 19.8 Å². The summed E-state index contributed by atoms with van der Waals surface area (Å²) in [6.07, 6.45) is 1.15. The highest BCUT2D eigenvalue weighted by atomic mass is 32.2. The first-order valence-corrected chi connectivity index (χ1v) is 12.8. The zero-order valence-corrected chi connectivity index (χ0v) is 20.7. The predicted molar refractivity (Wildman–Crippen MR) is 133 cm³/mol. The van der Waals surface area contributed by atoms with Gasteiger partial charge in [0, 0.05) is 36.1 Å². The number of aromatic nitrogens is 2. The minimum absolute atomic E-state index is 0.0811. The van der Waals surface area contributed by atoms with Gasteiger partial charge >= 0.3 is 0 Å². The van der Waals surface area contributed by atoms with E-state index in [-0.39, 0.29) is 28.7 Å². The van der Waals surface area contributed by atoms with Crippen LogP contribution in [0.2, 0.25) is 0 Å². The third kappa shape index (κ3) is 5.44. The minimum atomic E-state index is -3.83. The van der Waals surface area contributed by atoms with Gasteiger partial charge in [-0.1, -0.05) is 18.2 Å². The number of aromatic amines is 1. The number of hydrogen-bond acceptors (Lipinski definition) is 6. The summed E-state index contributed by atoms with van der Waals surface area (Å²) in [6.45, 7) is 3.98. The number of piperidine rings is 1. The second kappa shape index (κ2) is 10.0. The summed E-state index contributed by atoms with van der Waals surface area (Å²) < 4.78 is 33.4. The first-order chi connectivity index (χ1) is 16.7. The van der Waals surface area contributed by atoms with E-state index in [0.29, 0.717) is 42.2 Å². The number of carbonyl (C=O) groups is 1. The molecule has 0 bridgehead atoms. The van der Waals surface area contributed by atoms with E-state index in [1.165, 1.54) is 17.5 Å². The summed E-state index contributed by atoms with van der Waals surface area (Å²) in [6, 6.07) is 13.4. The molecular weight excluding hydrogens is 468 g/mol. The zero-order valence-electron chi connectivity index (χ0n) is 19.9. The molecule has 2 aromatic carbocycles. The Morgan fingerprint density at radius 2 is 1.97 bits per heavy atom. The molecule has 1 amide bonds. The minimum Gasteiger partial charge on any atom is -0.495 e. The highest BCUT2D eigenvalue weighted by Crippen LogP contribution is 2.31. The van der Waals surface area contributed by atoms with Crippen molar-refractivity contribution in [3.05, 3.63) is 70.1 Å². The molecule has 3 aromatic rings. The molecule has 0 radical (unpaired) electrons. The average Bonchev–Trinajstić information content (AvgIpc) is 2.83. The summed E-state index contributed by atoms with van der Waals surface area (Å²) in [7, 11) is -2.39. The van der Waals surface area contributed by atoms with Crippen LogP contribution in [0.3, 0.4) is 0 Å². The Bertz CT molecular complexity index is 1420. The molecule has 184 valence electrons. The maximum atomic E-state index is 13.4. The number of nitrogens with one attached hydrogen (secondary N) is 2. The van der Waals surface area contributed by atoms with Gasteiger partial charge in [0.2, 0.25) is 15.9 Å². The van der Waals surface area contributed by atoms with Gasteiger partial charge in [0.25, 0.3) is 5.56 Å². The lowest BCUT2D eigenvalue weighted by Gasteiger charge is -2.31. The maximum Gasteiger partial charge on any atom is 0.251 e. The molecule has 0 saturated carbocycles. The highest BCUT2D eigenvalue weighted by Gasteiger charge is 2.35. The number of nitrogens with zero attached hydrogens (tertiary/aromatic N) is 2. The lowest BCUT2D eigenvalue weighted by Crippen LogP contribution is -2.43. The fraction of sp³-hybridized carbons (Fsp3) is 0.320. The van der Waals surface area contributed by atoms with Crippen molar-refractivity contribution in [1.82, 2.24) is 14.3 Å². The Kier molecular flexibility index (Phi) is 7.04. The number of methoxy groups -OCH3 is 1. The van der Waals surface area contributed by atoms with E-state index in [0.717, 1.165) is 5.56 Å². The van der Waals surface area contributed by atoms with E-state index < -0.39 is 15.9 Å². The van der Waals surface area contributed by atoms with E-state index in [1.807, 2.05) is 6.92 Å². The molecule has 0 aliphatic carbocycles. The van der Waals surface area contributed by atoms with Crippen molar-refractivity contribution in [2.24, 2.45) is 5.92 Å². The van der Waals surface area contributed by atoms with Crippen LogP contribution in [0.15, 0.2) is 58.2 Å². The SMILES string of the molecule is COc1ccc(C)cc1S(=O)(=O)N1CCC[C@@H](C(=O)Nc2cccc(-c3nc(C)cc(=O)[nH]3)c2)C1. The first-order valence-electron chi connectivity index (χ1n) is 11.3. The topological polar surface area (TPSA) is 121 Å². The van der Waals surface area contributed by atoms with E-state index in [4.69, 9.17) is 4.74 Å². The maximum absolute atomic E-state index is 13.4. The number of rotatable bonds is 6. The molecule has 0 spiro atoms. The predicted octanol–water partition coefficient (Wildman–Crippen LogP) is 3.10. The van der Waals surface area contributed by atoms with Crippen LogP contribution in [0.25, 0.3) is 11.4 Å². The molecule has 10 heteroatoms. The van der Waals surface area contributed by atoms with E-state index in [1.54, 1.807) is 49.4 Å². The van der Waals surface area contributed by atoms with E-state index in [9.17, 15) is 18.0 Å². The molecule has 1 aliphatic heterocycles. The van der Waals surface area contributed by atoms with Gasteiger partial charge in [0.1, 0.15) is 16.5 Å². The number of carbonyl (C=O) groups excluding carboxylic acids is 1. The second-order valence-corrected chi connectivity index (χ2v) is 10.6. The van der Waals surface area contributed by atoms with Crippen LogP contribution in [-0.4, -0.2) is 48.8 Å². The van der Waals surface area contributed by atoms with Crippen molar-refractivity contribution in [2.45, 2.75) is 31.6 Å². The van der Waals surface area contributed by atoms with Crippen LogP contribution >= 0.6 is 0 Å². The average molecular weight is 497 g/mol. The van der Waals surface area contributed by atoms with Crippen LogP contribution in [0.4, 0.5) is 5.69 Å². The van der Waals surface area contributed by atoms with Gasteiger partial charge in [0.15, 0.2) is 0 Å². The Morgan fingerprint density at radius 3 is 2.71 bits per heavy atom. The van der Waals surface area contributed by atoms with Gasteiger partial charge in [-0.3, -0.25) is 9.59 Å². The largest absolute Gasteiger partial charge is 0.495 e. The van der Waals surface area contributed by atoms with Gasteiger partial charge in [-0.15, -0.1) is 0 Å². The molecule has 0 unspecified atom stereocenters. The van der Waals surface area contributed by atoms with E-state index >= 15 is 0 Å². The molecule has 9 nitrogen and oxygen atoms in total. The monoisotopic (exact) mass is 496 g/mol. The normalized spacial score (nSPS) is 16.6. The molecule has 2 N–H and O–H groups in total. The van der Waals surface area contributed by atoms with Crippen LogP contribution < -0.4 is 15.6 Å². The van der Waals surface area contributed by atoms with Gasteiger partial charge in [-0.2, -0.15) is 4.31 Å². The number of hydrogen-bond donors (Lipinski definition) is 2. The Morgan fingerprint density at radius 1 is 1.17 bits per heavy atom. The third-order valence-corrected chi connectivity index (χ3v) is 7.85. The number of aryl methyl sites for hydroxylation is 2. The van der Waals surface area contributed by atoms with Gasteiger partial charge in [0.05, 0.1) is 13.0 Å². The number of ether oxygens (including phenoxy) is 1. The smallest absolute Gasteiger partial charge is 0.251 e. The number of benzene rings is 2. The highest BCUT2D eigenvalue weighted by molar-refractivity contribution is 7.89. The molecular formula is C25H28N4O5S. The molecule has 2 heterocycles. The molecule has 1 aromatic heterocycles. The number of amides is 1. The summed E-state index contributed by atoms with van der Waals surface area (Å²) in [5.41, 5.74) is 2.34. The number of sulfonamides is 1. The van der Waals surface area contributed by atoms with Crippen molar-refractivity contribution in [1.29, 1.82) is 0 Å². The fourth-order valence-corrected chi connectivity index (χ4v) is 5.97. The standard InChI is InChI=1S/C25H28N4O5S/c1-16-9-10-21(34-3)22(12-16)35(32,33)29-11-5-7-19(15-29)25(31)27-20-8-4-6-18(14-20)24-26-17(2)13-23(30)28-24/h4,6,8-10,12-14,19H,5,7,11,15H2,1-3H3,(H,27,31)(H,26,28,30)/t19-/m1/s1. The molecule has 35 heavy (non-hydrogen) atoms. The summed E-state index contributed by atoms with van der Waals surface area (Å²) >= 11 is 0. The molecule has 1 atom stereocenters. The summed E-state index contributed by atoms with van der Waals surface area (Å²) in [5.74, 6) is -0.0752. The Balaban J connectivity index is 1.52. The van der Waals surface area contributed by atoms with Crippen molar-refractivity contribution in [3.8, 4) is 17.1 Å². The zero-order chi connectivity index (χ0) is 25.2. The van der Waals surface area contributed by atoms with Crippen LogP contribution in [0.5, 0.6) is 5.75 Å². The molecule has 1 saturated heterocycles.